The van der Waals surface area contributed by atoms with Gasteiger partial charge in [-0.2, -0.15) is 0 Å². The molecule has 3 aromatic carbocycles. The van der Waals surface area contributed by atoms with E-state index >= 15 is 0 Å². The lowest BCUT2D eigenvalue weighted by Crippen LogP contribution is -2.38. The highest BCUT2D eigenvalue weighted by molar-refractivity contribution is 5.94. The van der Waals surface area contributed by atoms with Crippen molar-refractivity contribution in [1.29, 1.82) is 0 Å². The molecule has 5 nitrogen and oxygen atoms in total. The number of hydrogen-bond acceptors (Lipinski definition) is 3. The molecule has 4 aromatic rings. The Morgan fingerprint density at radius 1 is 1.06 bits per heavy atom. The molecule has 0 unspecified atom stereocenters. The van der Waals surface area contributed by atoms with Crippen molar-refractivity contribution >= 4 is 16.9 Å². The molecule has 1 saturated heterocycles. The minimum Gasteiger partial charge on any atom is -0.508 e. The lowest BCUT2D eigenvalue weighted by molar-refractivity contribution is 0.0710. The highest BCUT2D eigenvalue weighted by Gasteiger charge is 2.28. The fourth-order valence-electron chi connectivity index (χ4n) is 4.70. The predicted molar refractivity (Wildman–Crippen MR) is 126 cm³/mol. The van der Waals surface area contributed by atoms with E-state index in [2.05, 4.69) is 10.6 Å². The van der Waals surface area contributed by atoms with Crippen molar-refractivity contribution in [2.75, 3.05) is 13.1 Å². The summed E-state index contributed by atoms with van der Waals surface area (Å²) in [7, 11) is 0. The number of aryl methyl sites for hydroxylation is 1. The van der Waals surface area contributed by atoms with Gasteiger partial charge in [0.1, 0.15) is 17.4 Å². The first-order valence-corrected chi connectivity index (χ1v) is 11.3. The van der Waals surface area contributed by atoms with Gasteiger partial charge in [0.25, 0.3) is 5.91 Å². The molecular weight excluding hydrogens is 417 g/mol. The Hall–Kier alpha value is -3.67. The number of para-hydroxylation sites is 2. The van der Waals surface area contributed by atoms with Gasteiger partial charge in [0.15, 0.2) is 0 Å². The highest BCUT2D eigenvalue weighted by atomic mass is 19.1. The molecule has 1 fully saturated rings. The Labute approximate surface area is 192 Å². The van der Waals surface area contributed by atoms with E-state index in [4.69, 9.17) is 4.98 Å². The molecule has 0 aliphatic carbocycles. The van der Waals surface area contributed by atoms with Crippen LogP contribution in [-0.4, -0.2) is 38.6 Å². The average molecular weight is 444 g/mol. The van der Waals surface area contributed by atoms with E-state index in [1.54, 1.807) is 37.3 Å². The molecule has 2 heterocycles. The maximum absolute atomic E-state index is 13.8. The monoisotopic (exact) mass is 443 g/mol. The van der Waals surface area contributed by atoms with E-state index in [0.717, 1.165) is 35.3 Å². The van der Waals surface area contributed by atoms with Crippen LogP contribution in [-0.2, 0) is 6.54 Å². The van der Waals surface area contributed by atoms with Crippen molar-refractivity contribution in [2.45, 2.75) is 32.2 Å². The lowest BCUT2D eigenvalue weighted by atomic mass is 9.95. The zero-order valence-electron chi connectivity index (χ0n) is 18.5. The Morgan fingerprint density at radius 2 is 1.85 bits per heavy atom. The third-order valence-corrected chi connectivity index (χ3v) is 6.50. The summed E-state index contributed by atoms with van der Waals surface area (Å²) in [6.45, 7) is 3.64. The molecule has 0 bridgehead atoms. The van der Waals surface area contributed by atoms with Gasteiger partial charge in [-0.1, -0.05) is 24.3 Å². The second kappa shape index (κ2) is 8.70. The highest BCUT2D eigenvalue weighted by Crippen LogP contribution is 2.32. The quantitative estimate of drug-likeness (QED) is 0.468. The fourth-order valence-corrected chi connectivity index (χ4v) is 4.70. The molecule has 1 N–H and O–H groups in total. The van der Waals surface area contributed by atoms with Crippen molar-refractivity contribution in [3.8, 4) is 5.75 Å². The van der Waals surface area contributed by atoms with Gasteiger partial charge in [0.05, 0.1) is 11.0 Å². The van der Waals surface area contributed by atoms with E-state index in [9.17, 15) is 14.3 Å². The molecule has 6 heteroatoms. The van der Waals surface area contributed by atoms with Gasteiger partial charge in [-0.3, -0.25) is 4.79 Å². The zero-order valence-corrected chi connectivity index (χ0v) is 18.5. The predicted octanol–water partition coefficient (Wildman–Crippen LogP) is 5.26. The SMILES string of the molecule is Cc1cc(C(=O)N2CCC(c3nc4ccccc4n3Cc3cccc(F)c3)CC2)ccc1O. The number of aromatic hydroxyl groups is 1. The molecule has 1 aromatic heterocycles. The largest absolute Gasteiger partial charge is 0.508 e. The minimum absolute atomic E-state index is 0.00943. The first-order chi connectivity index (χ1) is 16.0. The van der Waals surface area contributed by atoms with Crippen molar-refractivity contribution in [3.63, 3.8) is 0 Å². The number of nitrogens with zero attached hydrogens (tertiary/aromatic N) is 3. The number of amides is 1. The molecule has 33 heavy (non-hydrogen) atoms. The van der Waals surface area contributed by atoms with Crippen LogP contribution in [0.4, 0.5) is 4.39 Å². The van der Waals surface area contributed by atoms with Crippen molar-refractivity contribution in [3.05, 3.63) is 95.1 Å². The van der Waals surface area contributed by atoms with Crippen LogP contribution in [0, 0.1) is 12.7 Å². The third kappa shape index (κ3) is 4.21. The van der Waals surface area contributed by atoms with Crippen LogP contribution in [0.15, 0.2) is 66.7 Å². The zero-order chi connectivity index (χ0) is 22.9. The minimum atomic E-state index is -0.241. The van der Waals surface area contributed by atoms with Crippen LogP contribution in [0.3, 0.4) is 0 Å². The summed E-state index contributed by atoms with van der Waals surface area (Å²) >= 11 is 0. The molecule has 168 valence electrons. The van der Waals surface area contributed by atoms with Crippen LogP contribution in [0.25, 0.3) is 11.0 Å². The maximum atomic E-state index is 13.8. The van der Waals surface area contributed by atoms with Gasteiger partial charge < -0.3 is 14.6 Å². The van der Waals surface area contributed by atoms with E-state index in [0.29, 0.717) is 30.8 Å². The molecule has 0 atom stereocenters. The number of piperidine rings is 1. The van der Waals surface area contributed by atoms with Crippen molar-refractivity contribution in [1.82, 2.24) is 14.5 Å². The van der Waals surface area contributed by atoms with Crippen LogP contribution in [0.5, 0.6) is 5.75 Å². The summed E-state index contributed by atoms with van der Waals surface area (Å²) in [6.07, 6.45) is 1.63. The Bertz CT molecular complexity index is 1320. The second-order valence-corrected chi connectivity index (χ2v) is 8.74. The molecular formula is C27H26FN3O2. The fraction of sp³-hybridized carbons (Fsp3) is 0.259. The van der Waals surface area contributed by atoms with E-state index in [-0.39, 0.29) is 23.4 Å². The Kier molecular flexibility index (Phi) is 5.58. The summed E-state index contributed by atoms with van der Waals surface area (Å²) in [5.74, 6) is 1.16. The number of likely N-dealkylation sites (tertiary alicyclic amines) is 1. The van der Waals surface area contributed by atoms with Gasteiger partial charge in [0, 0.05) is 31.1 Å². The molecule has 0 saturated carbocycles. The first-order valence-electron chi connectivity index (χ1n) is 11.3. The second-order valence-electron chi connectivity index (χ2n) is 8.74. The molecule has 1 aliphatic rings. The number of halogens is 1. The van der Waals surface area contributed by atoms with Crippen LogP contribution >= 0.6 is 0 Å². The van der Waals surface area contributed by atoms with Gasteiger partial charge in [-0.15, -0.1) is 0 Å². The van der Waals surface area contributed by atoms with Crippen molar-refractivity contribution < 1.29 is 14.3 Å². The Balaban J connectivity index is 1.38. The summed E-state index contributed by atoms with van der Waals surface area (Å²) < 4.78 is 16.0. The van der Waals surface area contributed by atoms with Gasteiger partial charge >= 0.3 is 0 Å². The maximum Gasteiger partial charge on any atom is 0.253 e. The third-order valence-electron chi connectivity index (χ3n) is 6.50. The van der Waals surface area contributed by atoms with E-state index in [1.807, 2.05) is 29.2 Å². The molecule has 1 aliphatic heterocycles. The smallest absolute Gasteiger partial charge is 0.253 e. The summed E-state index contributed by atoms with van der Waals surface area (Å²) in [6, 6.07) is 19.7. The first kappa shape index (κ1) is 21.2. The molecule has 0 radical (unpaired) electrons. The number of carbonyl (C=O) groups excluding carboxylic acids is 1. The lowest BCUT2D eigenvalue weighted by Gasteiger charge is -2.32. The van der Waals surface area contributed by atoms with Crippen molar-refractivity contribution in [2.24, 2.45) is 0 Å². The topological polar surface area (TPSA) is 58.4 Å². The van der Waals surface area contributed by atoms with Crippen LogP contribution in [0.1, 0.15) is 46.1 Å². The number of hydrogen-bond donors (Lipinski definition) is 1. The number of rotatable bonds is 4. The van der Waals surface area contributed by atoms with Gasteiger partial charge in [0.2, 0.25) is 0 Å². The van der Waals surface area contributed by atoms with Crippen LogP contribution < -0.4 is 0 Å². The summed E-state index contributed by atoms with van der Waals surface area (Å²) in [5.41, 5.74) is 4.16. The molecule has 0 spiro atoms. The van der Waals surface area contributed by atoms with E-state index < -0.39 is 0 Å². The number of phenolic OH excluding ortho intramolecular Hbond substituents is 1. The summed E-state index contributed by atoms with van der Waals surface area (Å²) in [5, 5.41) is 9.75. The number of imidazole rings is 1. The van der Waals surface area contributed by atoms with Gasteiger partial charge in [-0.25, -0.2) is 9.37 Å². The van der Waals surface area contributed by atoms with Crippen LogP contribution in [0.2, 0.25) is 0 Å². The molecule has 1 amide bonds. The summed E-state index contributed by atoms with van der Waals surface area (Å²) in [4.78, 5) is 19.8. The standard InChI is InChI=1S/C27H26FN3O2/c1-18-15-21(9-10-25(18)32)27(33)30-13-11-20(12-14-30)26-29-23-7-2-3-8-24(23)31(26)17-19-5-4-6-22(28)16-19/h2-10,15-16,20,32H,11-14,17H2,1H3. The Morgan fingerprint density at radius 3 is 2.61 bits per heavy atom. The average Bonchev–Trinajstić information content (AvgIpc) is 3.19. The normalized spacial score (nSPS) is 14.7. The van der Waals surface area contributed by atoms with Gasteiger partial charge in [-0.05, 0) is 73.4 Å². The number of aromatic nitrogens is 2. The number of benzene rings is 3. The van der Waals surface area contributed by atoms with E-state index in [1.165, 1.54) is 6.07 Å². The molecule has 5 rings (SSSR count). The number of carbonyl (C=O) groups is 1. The number of phenols is 1. The number of fused-ring (bicyclic) bond motifs is 1.